The van der Waals surface area contributed by atoms with Gasteiger partial charge in [0.1, 0.15) is 17.7 Å². The number of nitrogens with two attached hydrogens (primary N) is 1. The summed E-state index contributed by atoms with van der Waals surface area (Å²) in [4.78, 5) is 19.1. The number of rotatable bonds is 4. The van der Waals surface area contributed by atoms with Crippen LogP contribution in [0.25, 0.3) is 0 Å². The molecule has 0 spiro atoms. The van der Waals surface area contributed by atoms with E-state index < -0.39 is 6.04 Å². The van der Waals surface area contributed by atoms with Gasteiger partial charge in [-0.1, -0.05) is 29.8 Å². The maximum atomic E-state index is 12.8. The summed E-state index contributed by atoms with van der Waals surface area (Å²) < 4.78 is 1.95. The normalized spacial score (nSPS) is 19.0. The number of carbonyl (C=O) groups excluding carboxylic acids is 1. The molecule has 3 rings (SSSR count). The Labute approximate surface area is 149 Å². The molecule has 1 aliphatic heterocycles. The van der Waals surface area contributed by atoms with Gasteiger partial charge in [-0.2, -0.15) is 5.10 Å². The smallest absolute Gasteiger partial charge is 0.244 e. The fraction of sp³-hybridized carbons (Fsp3) is 0.526. The lowest BCUT2D eigenvalue weighted by Gasteiger charge is -2.34. The monoisotopic (exact) mass is 341 g/mol. The Morgan fingerprint density at radius 1 is 1.28 bits per heavy atom. The predicted molar refractivity (Wildman–Crippen MR) is 96.9 cm³/mol. The summed E-state index contributed by atoms with van der Waals surface area (Å²) in [6.45, 7) is 8.22. The van der Waals surface area contributed by atoms with E-state index >= 15 is 0 Å². The maximum absolute atomic E-state index is 12.8. The van der Waals surface area contributed by atoms with Crippen LogP contribution in [0.1, 0.15) is 41.7 Å². The summed E-state index contributed by atoms with van der Waals surface area (Å²) in [6.07, 6.45) is 2.10. The van der Waals surface area contributed by atoms with Crippen molar-refractivity contribution in [1.82, 2.24) is 19.7 Å². The molecule has 134 valence electrons. The molecule has 2 unspecified atom stereocenters. The lowest BCUT2D eigenvalue weighted by molar-refractivity contribution is -0.134. The van der Waals surface area contributed by atoms with Gasteiger partial charge < -0.3 is 10.6 Å². The van der Waals surface area contributed by atoms with Gasteiger partial charge in [-0.3, -0.25) is 4.79 Å². The number of carbonyl (C=O) groups is 1. The average molecular weight is 341 g/mol. The van der Waals surface area contributed by atoms with Gasteiger partial charge in [-0.05, 0) is 45.1 Å². The van der Waals surface area contributed by atoms with E-state index in [-0.39, 0.29) is 5.91 Å². The van der Waals surface area contributed by atoms with Crippen molar-refractivity contribution in [3.05, 3.63) is 47.0 Å². The van der Waals surface area contributed by atoms with Gasteiger partial charge in [-0.15, -0.1) is 0 Å². The summed E-state index contributed by atoms with van der Waals surface area (Å²) in [6, 6.07) is 7.30. The van der Waals surface area contributed by atoms with Crippen LogP contribution in [0.4, 0.5) is 0 Å². The van der Waals surface area contributed by atoms with Gasteiger partial charge in [0.25, 0.3) is 0 Å². The summed E-state index contributed by atoms with van der Waals surface area (Å²) in [5, 5.41) is 4.44. The molecule has 2 N–H and O–H groups in total. The third-order valence-electron chi connectivity index (χ3n) is 4.93. The highest BCUT2D eigenvalue weighted by atomic mass is 16.2. The first kappa shape index (κ1) is 17.6. The molecule has 2 heterocycles. The van der Waals surface area contributed by atoms with E-state index in [1.54, 1.807) is 0 Å². The first-order chi connectivity index (χ1) is 11.9. The molecule has 1 aromatic carbocycles. The second kappa shape index (κ2) is 7.35. The lowest BCUT2D eigenvalue weighted by atomic mass is 9.96. The molecule has 1 fully saturated rings. The molecule has 6 nitrogen and oxygen atoms in total. The summed E-state index contributed by atoms with van der Waals surface area (Å²) >= 11 is 0. The molecule has 6 heteroatoms. The van der Waals surface area contributed by atoms with Crippen LogP contribution in [0.15, 0.2) is 24.3 Å². The Morgan fingerprint density at radius 3 is 2.64 bits per heavy atom. The fourth-order valence-corrected chi connectivity index (χ4v) is 3.51. The summed E-state index contributed by atoms with van der Waals surface area (Å²) in [5.74, 6) is 2.13. The molecule has 1 aliphatic rings. The molecule has 0 aliphatic carbocycles. The highest BCUT2D eigenvalue weighted by molar-refractivity contribution is 5.83. The Morgan fingerprint density at radius 2 is 2.00 bits per heavy atom. The first-order valence-corrected chi connectivity index (χ1v) is 8.93. The molecule has 0 radical (unpaired) electrons. The van der Waals surface area contributed by atoms with Crippen LogP contribution in [-0.4, -0.2) is 38.7 Å². The lowest BCUT2D eigenvalue weighted by Crippen LogP contribution is -2.45. The number of likely N-dealkylation sites (tertiary alicyclic amines) is 1. The molecule has 0 bridgehead atoms. The van der Waals surface area contributed by atoms with Crippen LogP contribution < -0.4 is 5.73 Å². The Bertz CT molecular complexity index is 737. The molecule has 2 atom stereocenters. The topological polar surface area (TPSA) is 77.0 Å². The molecule has 0 saturated carbocycles. The van der Waals surface area contributed by atoms with Crippen molar-refractivity contribution in [2.75, 3.05) is 13.1 Å². The minimum Gasteiger partial charge on any atom is -0.341 e. The average Bonchev–Trinajstić information content (AvgIpc) is 2.91. The number of benzene rings is 1. The number of hydrogen-bond acceptors (Lipinski definition) is 4. The molecular weight excluding hydrogens is 314 g/mol. The number of aromatic nitrogens is 3. The zero-order valence-corrected chi connectivity index (χ0v) is 15.3. The van der Waals surface area contributed by atoms with Crippen molar-refractivity contribution < 1.29 is 4.79 Å². The van der Waals surface area contributed by atoms with Crippen molar-refractivity contribution in [3.8, 4) is 0 Å². The standard InChI is InChI=1S/C19H27N5O/c1-13-6-8-17(9-7-13)18(20)19(25)23-10-4-5-16(11-23)12-24-15(3)21-14(2)22-24/h6-9,16,18H,4-5,10-12,20H2,1-3H3. The van der Waals surface area contributed by atoms with E-state index in [1.165, 1.54) is 5.56 Å². The minimum atomic E-state index is -0.588. The van der Waals surface area contributed by atoms with Crippen LogP contribution in [0.3, 0.4) is 0 Å². The third kappa shape index (κ3) is 4.07. The number of amides is 1. The maximum Gasteiger partial charge on any atom is 0.244 e. The van der Waals surface area contributed by atoms with Crippen molar-refractivity contribution in [3.63, 3.8) is 0 Å². The third-order valence-corrected chi connectivity index (χ3v) is 4.93. The van der Waals surface area contributed by atoms with Crippen LogP contribution in [0.5, 0.6) is 0 Å². The zero-order valence-electron chi connectivity index (χ0n) is 15.3. The minimum absolute atomic E-state index is 0.0139. The first-order valence-electron chi connectivity index (χ1n) is 8.93. The second-order valence-electron chi connectivity index (χ2n) is 7.07. The van der Waals surface area contributed by atoms with Crippen LogP contribution in [0.2, 0.25) is 0 Å². The van der Waals surface area contributed by atoms with Crippen LogP contribution in [-0.2, 0) is 11.3 Å². The highest BCUT2D eigenvalue weighted by Crippen LogP contribution is 2.22. The highest BCUT2D eigenvalue weighted by Gasteiger charge is 2.28. The molecule has 2 aromatic rings. The number of nitrogens with zero attached hydrogens (tertiary/aromatic N) is 4. The number of hydrogen-bond donors (Lipinski definition) is 1. The van der Waals surface area contributed by atoms with E-state index in [0.29, 0.717) is 5.92 Å². The Balaban J connectivity index is 1.65. The van der Waals surface area contributed by atoms with Crippen LogP contribution in [0, 0.1) is 26.7 Å². The molecule has 1 aromatic heterocycles. The summed E-state index contributed by atoms with van der Waals surface area (Å²) in [5.41, 5.74) is 8.27. The largest absolute Gasteiger partial charge is 0.341 e. The van der Waals surface area contributed by atoms with Gasteiger partial charge in [0.2, 0.25) is 5.91 Å². The van der Waals surface area contributed by atoms with Gasteiger partial charge >= 0.3 is 0 Å². The van der Waals surface area contributed by atoms with E-state index in [0.717, 1.165) is 49.7 Å². The van der Waals surface area contributed by atoms with Crippen molar-refractivity contribution in [2.45, 2.75) is 46.2 Å². The molecular formula is C19H27N5O. The quantitative estimate of drug-likeness (QED) is 0.924. The molecule has 1 saturated heterocycles. The van der Waals surface area contributed by atoms with Gasteiger partial charge in [0.15, 0.2) is 0 Å². The van der Waals surface area contributed by atoms with E-state index in [1.807, 2.05) is 54.6 Å². The summed E-state index contributed by atoms with van der Waals surface area (Å²) in [7, 11) is 0. The molecule has 1 amide bonds. The number of piperidine rings is 1. The van der Waals surface area contributed by atoms with E-state index in [9.17, 15) is 4.79 Å². The van der Waals surface area contributed by atoms with Gasteiger partial charge in [0.05, 0.1) is 0 Å². The Kier molecular flexibility index (Phi) is 5.18. The number of aryl methyl sites for hydroxylation is 3. The SMILES string of the molecule is Cc1ccc(C(N)C(=O)N2CCCC(Cn3nc(C)nc3C)C2)cc1. The Hall–Kier alpha value is -2.21. The van der Waals surface area contributed by atoms with Gasteiger partial charge in [0, 0.05) is 19.6 Å². The van der Waals surface area contributed by atoms with Crippen molar-refractivity contribution in [1.29, 1.82) is 0 Å². The molecule has 25 heavy (non-hydrogen) atoms. The fourth-order valence-electron chi connectivity index (χ4n) is 3.51. The van der Waals surface area contributed by atoms with Crippen LogP contribution >= 0.6 is 0 Å². The van der Waals surface area contributed by atoms with Crippen molar-refractivity contribution >= 4 is 5.91 Å². The van der Waals surface area contributed by atoms with Gasteiger partial charge in [-0.25, -0.2) is 9.67 Å². The second-order valence-corrected chi connectivity index (χ2v) is 7.07. The zero-order chi connectivity index (χ0) is 18.0. The predicted octanol–water partition coefficient (Wildman–Crippen LogP) is 2.14. The van der Waals surface area contributed by atoms with Crippen molar-refractivity contribution in [2.24, 2.45) is 11.7 Å². The van der Waals surface area contributed by atoms with E-state index in [4.69, 9.17) is 5.73 Å². The van der Waals surface area contributed by atoms with E-state index in [2.05, 4.69) is 10.1 Å².